The zero-order chi connectivity index (χ0) is 13.3. The Morgan fingerprint density at radius 1 is 1.37 bits per heavy atom. The lowest BCUT2D eigenvalue weighted by atomic mass is 9.85. The molecule has 0 aromatic carbocycles. The van der Waals surface area contributed by atoms with Gasteiger partial charge in [-0.25, -0.2) is 9.79 Å². The highest BCUT2D eigenvalue weighted by molar-refractivity contribution is 5.99. The van der Waals surface area contributed by atoms with Crippen LogP contribution in [0.1, 0.15) is 0 Å². The van der Waals surface area contributed by atoms with E-state index in [2.05, 4.69) is 4.99 Å². The molecule has 98 valence electrons. The largest absolute Gasteiger partial charge is 0.498 e. The molecule has 0 radical (unpaired) electrons. The third-order valence-electron chi connectivity index (χ3n) is 3.16. The molecule has 0 amide bonds. The minimum absolute atomic E-state index is 0.0502. The van der Waals surface area contributed by atoms with Gasteiger partial charge in [0.2, 0.25) is 0 Å². The number of hydrogen-bond acceptors (Lipinski definition) is 5. The van der Waals surface area contributed by atoms with E-state index in [0.29, 0.717) is 19.0 Å². The number of aliphatic carboxylic acids is 1. The maximum atomic E-state index is 11.1. The molecule has 19 heavy (non-hydrogen) atoms. The van der Waals surface area contributed by atoms with Gasteiger partial charge in [-0.3, -0.25) is 0 Å². The summed E-state index contributed by atoms with van der Waals surface area (Å²) in [4.78, 5) is 17.2. The van der Waals surface area contributed by atoms with Crippen LogP contribution in [0.2, 0.25) is 0 Å². The van der Waals surface area contributed by atoms with E-state index in [4.69, 9.17) is 14.6 Å². The summed E-state index contributed by atoms with van der Waals surface area (Å²) in [5.74, 6) is -0.409. The van der Waals surface area contributed by atoms with E-state index in [1.54, 1.807) is 31.1 Å². The molecule has 0 aliphatic carbocycles. The van der Waals surface area contributed by atoms with Crippen LogP contribution in [0.5, 0.6) is 0 Å². The number of carboxylic acids is 1. The van der Waals surface area contributed by atoms with Gasteiger partial charge < -0.3 is 19.5 Å². The maximum absolute atomic E-state index is 11.1. The molecule has 0 aromatic rings. The van der Waals surface area contributed by atoms with E-state index in [0.717, 1.165) is 0 Å². The van der Waals surface area contributed by atoms with Gasteiger partial charge in [0.05, 0.1) is 18.8 Å². The molecular formula is C13H12N2O4. The minimum atomic E-state index is -1.03. The Bertz CT molecular complexity index is 545. The topological polar surface area (TPSA) is 71.4 Å². The van der Waals surface area contributed by atoms with Crippen molar-refractivity contribution >= 4 is 11.8 Å². The number of carbonyl (C=O) groups is 1. The number of hydrogen-bond donors (Lipinski definition) is 1. The maximum Gasteiger partial charge on any atom is 0.354 e. The highest BCUT2D eigenvalue weighted by Gasteiger charge is 2.39. The van der Waals surface area contributed by atoms with Crippen LogP contribution in [-0.2, 0) is 14.3 Å². The number of fused-ring (bicyclic) bond motifs is 2. The van der Waals surface area contributed by atoms with Gasteiger partial charge in [0.25, 0.3) is 0 Å². The second kappa shape index (κ2) is 4.31. The van der Waals surface area contributed by atoms with E-state index >= 15 is 0 Å². The average Bonchev–Trinajstić information content (AvgIpc) is 2.60. The summed E-state index contributed by atoms with van der Waals surface area (Å²) in [6.07, 6.45) is 11.6. The number of ether oxygens (including phenoxy) is 2. The van der Waals surface area contributed by atoms with Crippen LogP contribution in [0.4, 0.5) is 0 Å². The van der Waals surface area contributed by atoms with E-state index in [1.165, 1.54) is 0 Å². The summed E-state index contributed by atoms with van der Waals surface area (Å²) in [6, 6.07) is 0. The second-order valence-electron chi connectivity index (χ2n) is 4.36. The SMILES string of the molecule is O=C(O)C1=CCN2C=COCC3(C=COC=C3)C2=N1. The summed E-state index contributed by atoms with van der Waals surface area (Å²) in [7, 11) is 0. The summed E-state index contributed by atoms with van der Waals surface area (Å²) in [5.41, 5.74) is -0.550. The summed E-state index contributed by atoms with van der Waals surface area (Å²) in [6.45, 7) is 0.798. The van der Waals surface area contributed by atoms with Gasteiger partial charge in [0.1, 0.15) is 23.6 Å². The van der Waals surface area contributed by atoms with E-state index < -0.39 is 11.4 Å². The van der Waals surface area contributed by atoms with Crippen molar-refractivity contribution in [2.24, 2.45) is 10.4 Å². The fraction of sp³-hybridized carbons (Fsp3) is 0.231. The van der Waals surface area contributed by atoms with Crippen LogP contribution in [0.25, 0.3) is 0 Å². The quantitative estimate of drug-likeness (QED) is 0.767. The summed E-state index contributed by atoms with van der Waals surface area (Å²) in [5, 5.41) is 9.08. The molecule has 1 spiro atoms. The van der Waals surface area contributed by atoms with Crippen molar-refractivity contribution < 1.29 is 19.4 Å². The standard InChI is InChI=1S/C13H12N2O4/c16-11(17)10-1-4-15-5-8-19-9-13(12(15)14-10)2-6-18-7-3-13/h1-3,5-8H,4,9H2,(H,16,17). The summed E-state index contributed by atoms with van der Waals surface area (Å²) >= 11 is 0. The van der Waals surface area contributed by atoms with Crippen molar-refractivity contribution in [3.8, 4) is 0 Å². The minimum Gasteiger partial charge on any atom is -0.498 e. The number of aliphatic imine (C=N–C) groups is 1. The number of carboxylic acid groups (broad SMARTS) is 1. The average molecular weight is 260 g/mol. The van der Waals surface area contributed by atoms with Gasteiger partial charge in [0, 0.05) is 12.7 Å². The fourth-order valence-corrected chi connectivity index (χ4v) is 2.17. The Morgan fingerprint density at radius 3 is 2.89 bits per heavy atom. The molecule has 0 fully saturated rings. The van der Waals surface area contributed by atoms with Gasteiger partial charge in [-0.15, -0.1) is 0 Å². The molecule has 0 atom stereocenters. The first kappa shape index (κ1) is 11.6. The first-order valence-electron chi connectivity index (χ1n) is 5.80. The number of rotatable bonds is 1. The molecule has 0 saturated carbocycles. The zero-order valence-electron chi connectivity index (χ0n) is 10.0. The summed E-state index contributed by atoms with van der Waals surface area (Å²) < 4.78 is 10.5. The molecular weight excluding hydrogens is 248 g/mol. The first-order chi connectivity index (χ1) is 9.21. The third-order valence-corrected chi connectivity index (χ3v) is 3.16. The molecule has 3 aliphatic rings. The van der Waals surface area contributed by atoms with Crippen LogP contribution in [0.3, 0.4) is 0 Å². The molecule has 0 saturated heterocycles. The van der Waals surface area contributed by atoms with Gasteiger partial charge >= 0.3 is 5.97 Å². The van der Waals surface area contributed by atoms with Crippen molar-refractivity contribution in [2.45, 2.75) is 0 Å². The molecule has 6 nitrogen and oxygen atoms in total. The highest BCUT2D eigenvalue weighted by Crippen LogP contribution is 2.33. The molecule has 0 aromatic heterocycles. The second-order valence-corrected chi connectivity index (χ2v) is 4.36. The van der Waals surface area contributed by atoms with Crippen LogP contribution >= 0.6 is 0 Å². The molecule has 6 heteroatoms. The van der Waals surface area contributed by atoms with Gasteiger partial charge in [0.15, 0.2) is 0 Å². The third kappa shape index (κ3) is 1.91. The predicted octanol–water partition coefficient (Wildman–Crippen LogP) is 1.21. The number of amidine groups is 1. The molecule has 0 bridgehead atoms. The molecule has 1 N–H and O–H groups in total. The van der Waals surface area contributed by atoms with Crippen molar-refractivity contribution in [2.75, 3.05) is 13.2 Å². The van der Waals surface area contributed by atoms with Gasteiger partial charge in [-0.1, -0.05) is 0 Å². The number of nitrogens with zero attached hydrogens (tertiary/aromatic N) is 2. The van der Waals surface area contributed by atoms with E-state index in [-0.39, 0.29) is 5.70 Å². The Balaban J connectivity index is 2.08. The van der Waals surface area contributed by atoms with Crippen molar-refractivity contribution in [3.63, 3.8) is 0 Å². The smallest absolute Gasteiger partial charge is 0.354 e. The zero-order valence-corrected chi connectivity index (χ0v) is 10.0. The monoisotopic (exact) mass is 260 g/mol. The van der Waals surface area contributed by atoms with Crippen LogP contribution < -0.4 is 0 Å². The fourth-order valence-electron chi connectivity index (χ4n) is 2.17. The Labute approximate surface area is 109 Å². The normalized spacial score (nSPS) is 22.8. The van der Waals surface area contributed by atoms with Crippen molar-refractivity contribution in [1.82, 2.24) is 4.90 Å². The Hall–Kier alpha value is -2.50. The lowest BCUT2D eigenvalue weighted by molar-refractivity contribution is -0.132. The molecule has 0 unspecified atom stereocenters. The Morgan fingerprint density at radius 2 is 2.16 bits per heavy atom. The van der Waals surface area contributed by atoms with Gasteiger partial charge in [-0.05, 0) is 18.2 Å². The predicted molar refractivity (Wildman–Crippen MR) is 66.7 cm³/mol. The van der Waals surface area contributed by atoms with Gasteiger partial charge in [-0.2, -0.15) is 0 Å². The highest BCUT2D eigenvalue weighted by atomic mass is 16.5. The van der Waals surface area contributed by atoms with Crippen LogP contribution in [0.15, 0.2) is 53.9 Å². The molecule has 3 aliphatic heterocycles. The molecule has 3 heterocycles. The lowest BCUT2D eigenvalue weighted by Crippen LogP contribution is -2.43. The van der Waals surface area contributed by atoms with Crippen LogP contribution in [0, 0.1) is 5.41 Å². The lowest BCUT2D eigenvalue weighted by Gasteiger charge is -2.34. The molecule has 3 rings (SSSR count). The first-order valence-corrected chi connectivity index (χ1v) is 5.80. The van der Waals surface area contributed by atoms with Crippen molar-refractivity contribution in [1.29, 1.82) is 0 Å². The van der Waals surface area contributed by atoms with E-state index in [9.17, 15) is 4.79 Å². The Kier molecular flexibility index (Phi) is 2.63. The van der Waals surface area contributed by atoms with Crippen molar-refractivity contribution in [3.05, 3.63) is 48.9 Å². The van der Waals surface area contributed by atoms with Crippen LogP contribution in [-0.4, -0.2) is 35.0 Å². The van der Waals surface area contributed by atoms with E-state index in [1.807, 2.05) is 17.1 Å².